The number of amides is 2. The highest BCUT2D eigenvalue weighted by Crippen LogP contribution is 2.21. The van der Waals surface area contributed by atoms with Crippen LogP contribution >= 0.6 is 11.6 Å². The van der Waals surface area contributed by atoms with Crippen LogP contribution < -0.4 is 16.4 Å². The Morgan fingerprint density at radius 2 is 2.09 bits per heavy atom. The highest BCUT2D eigenvalue weighted by molar-refractivity contribution is 6.34. The number of nitrogens with two attached hydrogens (primary N) is 1. The van der Waals surface area contributed by atoms with Crippen molar-refractivity contribution in [2.45, 2.75) is 12.5 Å². The average Bonchev–Trinajstić information content (AvgIpc) is 2.52. The zero-order valence-electron chi connectivity index (χ0n) is 13.2. The molecule has 1 aromatic rings. The first kappa shape index (κ1) is 19.4. The van der Waals surface area contributed by atoms with Crippen LogP contribution in [-0.4, -0.2) is 51.8 Å². The van der Waals surface area contributed by atoms with E-state index in [1.165, 1.54) is 13.2 Å². The number of methoxy groups -OCH3 is 2. The normalized spacial score (nSPS) is 11.8. The molecule has 0 aliphatic carbocycles. The molecule has 4 N–H and O–H groups in total. The van der Waals surface area contributed by atoms with Crippen LogP contribution in [0.5, 0.6) is 0 Å². The molecule has 0 saturated carbocycles. The van der Waals surface area contributed by atoms with E-state index in [1.807, 2.05) is 0 Å². The van der Waals surface area contributed by atoms with Gasteiger partial charge in [0.25, 0.3) is 5.91 Å². The number of halogens is 1. The first-order chi connectivity index (χ1) is 11.0. The molecule has 1 atom stereocenters. The Morgan fingerprint density at radius 3 is 2.65 bits per heavy atom. The van der Waals surface area contributed by atoms with E-state index in [9.17, 15) is 9.59 Å². The zero-order valence-corrected chi connectivity index (χ0v) is 14.0. The van der Waals surface area contributed by atoms with Crippen LogP contribution in [0, 0.1) is 0 Å². The number of nitrogens with one attached hydrogen (secondary N) is 2. The third kappa shape index (κ3) is 6.54. The fourth-order valence-corrected chi connectivity index (χ4v) is 2.09. The molecule has 8 heteroatoms. The number of carbonyl (C=O) groups excluding carboxylic acids is 2. The van der Waals surface area contributed by atoms with E-state index in [2.05, 4.69) is 10.6 Å². The van der Waals surface area contributed by atoms with Crippen LogP contribution in [0.2, 0.25) is 5.02 Å². The van der Waals surface area contributed by atoms with Crippen LogP contribution in [0.1, 0.15) is 16.8 Å². The van der Waals surface area contributed by atoms with Crippen molar-refractivity contribution in [2.75, 3.05) is 39.2 Å². The fraction of sp³-hybridized carbons (Fsp3) is 0.467. The molecule has 0 bridgehead atoms. The van der Waals surface area contributed by atoms with Crippen molar-refractivity contribution >= 4 is 29.1 Å². The summed E-state index contributed by atoms with van der Waals surface area (Å²) in [4.78, 5) is 23.8. The number of anilines is 1. The summed E-state index contributed by atoms with van der Waals surface area (Å²) in [5.74, 6) is -0.539. The molecule has 1 unspecified atom stereocenters. The molecule has 0 heterocycles. The van der Waals surface area contributed by atoms with Gasteiger partial charge in [0.1, 0.15) is 0 Å². The maximum absolute atomic E-state index is 11.9. The Balaban J connectivity index is 2.65. The molecule has 7 nitrogen and oxygen atoms in total. The van der Waals surface area contributed by atoms with Crippen molar-refractivity contribution in [2.24, 2.45) is 5.73 Å². The lowest BCUT2D eigenvalue weighted by molar-refractivity contribution is -0.118. The SMILES string of the molecule is COCCNC(=O)c1ccc(NC(=O)CC(CN)OC)cc1Cl. The maximum Gasteiger partial charge on any atom is 0.252 e. The average molecular weight is 344 g/mol. The summed E-state index contributed by atoms with van der Waals surface area (Å²) in [5, 5.41) is 5.62. The third-order valence-electron chi connectivity index (χ3n) is 3.10. The lowest BCUT2D eigenvalue weighted by Gasteiger charge is -2.13. The van der Waals surface area contributed by atoms with Gasteiger partial charge in [0, 0.05) is 33.0 Å². The molecule has 0 saturated heterocycles. The smallest absolute Gasteiger partial charge is 0.252 e. The minimum atomic E-state index is -0.337. The molecule has 23 heavy (non-hydrogen) atoms. The quantitative estimate of drug-likeness (QED) is 0.581. The lowest BCUT2D eigenvalue weighted by Crippen LogP contribution is -2.28. The van der Waals surface area contributed by atoms with Crippen LogP contribution in [0.25, 0.3) is 0 Å². The lowest BCUT2D eigenvalue weighted by atomic mass is 10.1. The van der Waals surface area contributed by atoms with Crippen molar-refractivity contribution in [3.05, 3.63) is 28.8 Å². The van der Waals surface area contributed by atoms with Crippen LogP contribution in [-0.2, 0) is 14.3 Å². The van der Waals surface area contributed by atoms with Crippen molar-refractivity contribution in [1.82, 2.24) is 5.32 Å². The van der Waals surface area contributed by atoms with Gasteiger partial charge in [-0.1, -0.05) is 11.6 Å². The number of ether oxygens (including phenoxy) is 2. The molecule has 1 rings (SSSR count). The number of hydrogen-bond acceptors (Lipinski definition) is 5. The van der Waals surface area contributed by atoms with Crippen molar-refractivity contribution in [3.63, 3.8) is 0 Å². The molecular weight excluding hydrogens is 322 g/mol. The van der Waals surface area contributed by atoms with Gasteiger partial charge in [-0.3, -0.25) is 9.59 Å². The Hall–Kier alpha value is -1.67. The first-order valence-electron chi connectivity index (χ1n) is 7.11. The van der Waals surface area contributed by atoms with Gasteiger partial charge in [-0.15, -0.1) is 0 Å². The summed E-state index contributed by atoms with van der Waals surface area (Å²) in [5.41, 5.74) is 6.30. The van der Waals surface area contributed by atoms with E-state index >= 15 is 0 Å². The van der Waals surface area contributed by atoms with Gasteiger partial charge in [0.05, 0.1) is 29.7 Å². The number of benzene rings is 1. The fourth-order valence-electron chi connectivity index (χ4n) is 1.82. The van der Waals surface area contributed by atoms with Crippen LogP contribution in [0.3, 0.4) is 0 Å². The van der Waals surface area contributed by atoms with Gasteiger partial charge in [-0.05, 0) is 18.2 Å². The van der Waals surface area contributed by atoms with E-state index in [4.69, 9.17) is 26.8 Å². The molecule has 2 amide bonds. The summed E-state index contributed by atoms with van der Waals surface area (Å²) >= 11 is 6.09. The second-order valence-corrected chi connectivity index (χ2v) is 5.20. The first-order valence-corrected chi connectivity index (χ1v) is 7.49. The molecule has 0 fully saturated rings. The van der Waals surface area contributed by atoms with Gasteiger partial charge in [0.15, 0.2) is 0 Å². The Morgan fingerprint density at radius 1 is 1.35 bits per heavy atom. The topological polar surface area (TPSA) is 103 Å². The molecule has 0 spiro atoms. The van der Waals surface area contributed by atoms with Crippen molar-refractivity contribution in [1.29, 1.82) is 0 Å². The predicted octanol–water partition coefficient (Wildman–Crippen LogP) is 1.02. The standard InChI is InChI=1S/C15H22ClN3O4/c1-22-6-5-18-15(21)12-4-3-10(7-13(12)16)19-14(20)8-11(9-17)23-2/h3-4,7,11H,5-6,8-9,17H2,1-2H3,(H,18,21)(H,19,20). The third-order valence-corrected chi connectivity index (χ3v) is 3.41. The molecule has 0 radical (unpaired) electrons. The van der Waals surface area contributed by atoms with Crippen LogP contribution in [0.15, 0.2) is 18.2 Å². The highest BCUT2D eigenvalue weighted by atomic mass is 35.5. The summed E-state index contributed by atoms with van der Waals surface area (Å²) in [6.45, 7) is 1.06. The molecular formula is C15H22ClN3O4. The second kappa shape index (κ2) is 10.2. The largest absolute Gasteiger partial charge is 0.383 e. The second-order valence-electron chi connectivity index (χ2n) is 4.79. The van der Waals surface area contributed by atoms with Gasteiger partial charge in [-0.25, -0.2) is 0 Å². The van der Waals surface area contributed by atoms with E-state index in [0.29, 0.717) is 24.4 Å². The summed E-state index contributed by atoms with van der Waals surface area (Å²) in [7, 11) is 3.05. The van der Waals surface area contributed by atoms with Gasteiger partial charge in [-0.2, -0.15) is 0 Å². The minimum Gasteiger partial charge on any atom is -0.383 e. The number of rotatable bonds is 9. The van der Waals surface area contributed by atoms with E-state index in [-0.39, 0.29) is 35.9 Å². The highest BCUT2D eigenvalue weighted by Gasteiger charge is 2.14. The Kier molecular flexibility index (Phi) is 8.57. The van der Waals surface area contributed by atoms with Gasteiger partial charge in [0.2, 0.25) is 5.91 Å². The summed E-state index contributed by atoms with van der Waals surface area (Å²) < 4.78 is 9.91. The monoisotopic (exact) mass is 343 g/mol. The van der Waals surface area contributed by atoms with Crippen LogP contribution in [0.4, 0.5) is 5.69 Å². The Bertz CT molecular complexity index is 535. The zero-order chi connectivity index (χ0) is 17.2. The predicted molar refractivity (Wildman–Crippen MR) is 88.8 cm³/mol. The summed E-state index contributed by atoms with van der Waals surface area (Å²) in [6.07, 6.45) is -0.194. The van der Waals surface area contributed by atoms with Gasteiger partial charge >= 0.3 is 0 Å². The van der Waals surface area contributed by atoms with Crippen molar-refractivity contribution in [3.8, 4) is 0 Å². The maximum atomic E-state index is 11.9. The minimum absolute atomic E-state index is 0.143. The molecule has 0 aromatic heterocycles. The van der Waals surface area contributed by atoms with E-state index in [1.54, 1.807) is 19.2 Å². The summed E-state index contributed by atoms with van der Waals surface area (Å²) in [6, 6.07) is 4.69. The number of hydrogen-bond donors (Lipinski definition) is 3. The van der Waals surface area contributed by atoms with E-state index in [0.717, 1.165) is 0 Å². The number of carbonyl (C=O) groups is 2. The van der Waals surface area contributed by atoms with Crippen molar-refractivity contribution < 1.29 is 19.1 Å². The molecule has 1 aromatic carbocycles. The Labute approximate surface area is 140 Å². The van der Waals surface area contributed by atoms with Gasteiger partial charge < -0.3 is 25.8 Å². The molecule has 0 aliphatic heterocycles. The molecule has 128 valence electrons. The van der Waals surface area contributed by atoms with E-state index < -0.39 is 0 Å². The molecule has 0 aliphatic rings.